The zero-order valence-electron chi connectivity index (χ0n) is 11.1. The normalized spacial score (nSPS) is 23.2. The van der Waals surface area contributed by atoms with Gasteiger partial charge in [0.1, 0.15) is 0 Å². The van der Waals surface area contributed by atoms with Gasteiger partial charge in [0, 0.05) is 0 Å². The largest absolute Gasteiger partial charge is 0.393 e. The first-order valence-corrected chi connectivity index (χ1v) is 7.16. The van der Waals surface area contributed by atoms with Gasteiger partial charge in [-0.3, -0.25) is 0 Å². The molecule has 1 heteroatoms. The summed E-state index contributed by atoms with van der Waals surface area (Å²) in [5, 5.41) is 9.57. The third-order valence-corrected chi connectivity index (χ3v) is 4.19. The monoisotopic (exact) mass is 252 g/mol. The number of rotatable bonds is 2. The second kappa shape index (κ2) is 5.58. The van der Waals surface area contributed by atoms with Crippen molar-refractivity contribution in [2.75, 3.05) is 0 Å². The molecular weight excluding hydrogens is 232 g/mol. The van der Waals surface area contributed by atoms with Crippen LogP contribution in [0.15, 0.2) is 54.6 Å². The quantitative estimate of drug-likeness (QED) is 0.841. The zero-order chi connectivity index (χ0) is 13.1. The Balaban J connectivity index is 1.76. The smallest absolute Gasteiger partial charge is 0.0540 e. The van der Waals surface area contributed by atoms with Crippen LogP contribution < -0.4 is 0 Å². The molecule has 0 bridgehead atoms. The van der Waals surface area contributed by atoms with Gasteiger partial charge in [0.05, 0.1) is 6.10 Å². The van der Waals surface area contributed by atoms with E-state index in [2.05, 4.69) is 48.5 Å². The maximum absolute atomic E-state index is 9.57. The second-order valence-corrected chi connectivity index (χ2v) is 5.49. The van der Waals surface area contributed by atoms with E-state index in [-0.39, 0.29) is 6.10 Å². The van der Waals surface area contributed by atoms with Crippen LogP contribution in [-0.4, -0.2) is 11.2 Å². The van der Waals surface area contributed by atoms with E-state index in [1.807, 2.05) is 6.07 Å². The molecule has 0 aromatic heterocycles. The summed E-state index contributed by atoms with van der Waals surface area (Å²) in [6, 6.07) is 19.4. The van der Waals surface area contributed by atoms with Gasteiger partial charge in [-0.25, -0.2) is 0 Å². The highest BCUT2D eigenvalue weighted by atomic mass is 16.3. The number of hydrogen-bond donors (Lipinski definition) is 1. The van der Waals surface area contributed by atoms with E-state index in [1.165, 1.54) is 16.7 Å². The summed E-state index contributed by atoms with van der Waals surface area (Å²) in [6.07, 6.45) is 4.06. The maximum Gasteiger partial charge on any atom is 0.0540 e. The molecule has 2 aromatic rings. The Morgan fingerprint density at radius 1 is 0.684 bits per heavy atom. The van der Waals surface area contributed by atoms with Crippen LogP contribution in [-0.2, 0) is 0 Å². The molecule has 3 rings (SSSR count). The van der Waals surface area contributed by atoms with Crippen molar-refractivity contribution in [2.24, 2.45) is 0 Å². The zero-order valence-corrected chi connectivity index (χ0v) is 11.1. The summed E-state index contributed by atoms with van der Waals surface area (Å²) >= 11 is 0. The van der Waals surface area contributed by atoms with Crippen LogP contribution in [0, 0.1) is 0 Å². The predicted octanol–water partition coefficient (Wildman–Crippen LogP) is 4.37. The average molecular weight is 252 g/mol. The minimum atomic E-state index is -0.0696. The van der Waals surface area contributed by atoms with Gasteiger partial charge in [-0.15, -0.1) is 0 Å². The standard InChI is InChI=1S/C18H20O/c19-18-12-10-17(11-13-18)16-8-6-15(7-9-16)14-4-2-1-3-5-14/h1-9,17-19H,10-13H2. The lowest BCUT2D eigenvalue weighted by Gasteiger charge is -2.25. The Labute approximate surface area is 114 Å². The van der Waals surface area contributed by atoms with Crippen LogP contribution >= 0.6 is 0 Å². The van der Waals surface area contributed by atoms with Crippen molar-refractivity contribution < 1.29 is 5.11 Å². The van der Waals surface area contributed by atoms with Crippen molar-refractivity contribution >= 4 is 0 Å². The van der Waals surface area contributed by atoms with Gasteiger partial charge in [-0.05, 0) is 48.3 Å². The van der Waals surface area contributed by atoms with Crippen molar-refractivity contribution in [1.82, 2.24) is 0 Å². The lowest BCUT2D eigenvalue weighted by Crippen LogP contribution is -2.16. The first-order valence-electron chi connectivity index (χ1n) is 7.16. The summed E-state index contributed by atoms with van der Waals surface area (Å²) in [5.74, 6) is 0.633. The molecule has 19 heavy (non-hydrogen) atoms. The van der Waals surface area contributed by atoms with E-state index in [4.69, 9.17) is 0 Å². The summed E-state index contributed by atoms with van der Waals surface area (Å²) in [6.45, 7) is 0. The molecular formula is C18H20O. The van der Waals surface area contributed by atoms with Gasteiger partial charge >= 0.3 is 0 Å². The Bertz CT molecular complexity index is 507. The fourth-order valence-electron chi connectivity index (χ4n) is 2.99. The lowest BCUT2D eigenvalue weighted by atomic mass is 9.82. The minimum Gasteiger partial charge on any atom is -0.393 e. The summed E-state index contributed by atoms with van der Waals surface area (Å²) in [5.41, 5.74) is 3.97. The SMILES string of the molecule is OC1CCC(c2ccc(-c3ccccc3)cc2)CC1. The van der Waals surface area contributed by atoms with Gasteiger partial charge in [0.25, 0.3) is 0 Å². The molecule has 0 saturated heterocycles. The first-order chi connectivity index (χ1) is 9.33. The molecule has 1 N–H and O–H groups in total. The van der Waals surface area contributed by atoms with Crippen LogP contribution in [0.2, 0.25) is 0 Å². The molecule has 0 aliphatic heterocycles. The Hall–Kier alpha value is -1.60. The molecule has 1 nitrogen and oxygen atoms in total. The van der Waals surface area contributed by atoms with E-state index in [0.717, 1.165) is 25.7 Å². The van der Waals surface area contributed by atoms with Crippen LogP contribution in [0.1, 0.15) is 37.2 Å². The fourth-order valence-corrected chi connectivity index (χ4v) is 2.99. The third-order valence-electron chi connectivity index (χ3n) is 4.19. The van der Waals surface area contributed by atoms with Crippen LogP contribution in [0.3, 0.4) is 0 Å². The average Bonchev–Trinajstić information content (AvgIpc) is 2.49. The van der Waals surface area contributed by atoms with Gasteiger partial charge in [0.2, 0.25) is 0 Å². The molecule has 1 aliphatic carbocycles. The van der Waals surface area contributed by atoms with Crippen LogP contribution in [0.5, 0.6) is 0 Å². The molecule has 0 radical (unpaired) electrons. The molecule has 0 unspecified atom stereocenters. The van der Waals surface area contributed by atoms with Gasteiger partial charge in [0.15, 0.2) is 0 Å². The van der Waals surface area contributed by atoms with E-state index < -0.39 is 0 Å². The Kier molecular flexibility index (Phi) is 3.65. The number of hydrogen-bond acceptors (Lipinski definition) is 1. The molecule has 0 heterocycles. The summed E-state index contributed by atoms with van der Waals surface area (Å²) in [7, 11) is 0. The molecule has 0 atom stereocenters. The fraction of sp³-hybridized carbons (Fsp3) is 0.333. The van der Waals surface area contributed by atoms with Crippen molar-refractivity contribution in [1.29, 1.82) is 0 Å². The van der Waals surface area contributed by atoms with E-state index in [1.54, 1.807) is 0 Å². The molecule has 0 spiro atoms. The lowest BCUT2D eigenvalue weighted by molar-refractivity contribution is 0.122. The van der Waals surface area contributed by atoms with Crippen molar-refractivity contribution in [3.05, 3.63) is 60.2 Å². The van der Waals surface area contributed by atoms with Gasteiger partial charge in [-0.2, -0.15) is 0 Å². The number of aliphatic hydroxyl groups is 1. The Morgan fingerprint density at radius 2 is 1.26 bits per heavy atom. The highest BCUT2D eigenvalue weighted by molar-refractivity contribution is 5.63. The van der Waals surface area contributed by atoms with Crippen molar-refractivity contribution in [2.45, 2.75) is 37.7 Å². The predicted molar refractivity (Wildman–Crippen MR) is 79.1 cm³/mol. The molecule has 1 aliphatic rings. The molecule has 98 valence electrons. The van der Waals surface area contributed by atoms with Crippen molar-refractivity contribution in [3.8, 4) is 11.1 Å². The number of benzene rings is 2. The molecule has 1 saturated carbocycles. The first kappa shape index (κ1) is 12.4. The van der Waals surface area contributed by atoms with E-state index in [0.29, 0.717) is 5.92 Å². The molecule has 0 amide bonds. The summed E-state index contributed by atoms with van der Waals surface area (Å²) < 4.78 is 0. The van der Waals surface area contributed by atoms with Gasteiger partial charge in [-0.1, -0.05) is 54.6 Å². The highest BCUT2D eigenvalue weighted by Gasteiger charge is 2.20. The highest BCUT2D eigenvalue weighted by Crippen LogP contribution is 2.33. The third kappa shape index (κ3) is 2.87. The molecule has 2 aromatic carbocycles. The van der Waals surface area contributed by atoms with E-state index >= 15 is 0 Å². The Morgan fingerprint density at radius 3 is 1.89 bits per heavy atom. The number of aliphatic hydroxyl groups excluding tert-OH is 1. The maximum atomic E-state index is 9.57. The van der Waals surface area contributed by atoms with Crippen molar-refractivity contribution in [3.63, 3.8) is 0 Å². The topological polar surface area (TPSA) is 20.2 Å². The van der Waals surface area contributed by atoms with Crippen LogP contribution in [0.4, 0.5) is 0 Å². The van der Waals surface area contributed by atoms with Gasteiger partial charge < -0.3 is 5.11 Å². The minimum absolute atomic E-state index is 0.0696. The van der Waals surface area contributed by atoms with Crippen LogP contribution in [0.25, 0.3) is 11.1 Å². The molecule has 1 fully saturated rings. The summed E-state index contributed by atoms with van der Waals surface area (Å²) in [4.78, 5) is 0. The second-order valence-electron chi connectivity index (χ2n) is 5.49. The van der Waals surface area contributed by atoms with E-state index in [9.17, 15) is 5.11 Å².